The Hall–Kier alpha value is -6.14. The summed E-state index contributed by atoms with van der Waals surface area (Å²) in [5, 5.41) is 5.88. The van der Waals surface area contributed by atoms with Crippen LogP contribution in [0.1, 0.15) is 43.0 Å². The van der Waals surface area contributed by atoms with E-state index in [0.29, 0.717) is 45.5 Å². The minimum Gasteiger partial charge on any atom is -0.457 e. The summed E-state index contributed by atoms with van der Waals surface area (Å²) < 4.78 is 12.1. The zero-order valence-corrected chi connectivity index (χ0v) is 27.3. The second-order valence-electron chi connectivity index (χ2n) is 11.8. The van der Waals surface area contributed by atoms with Crippen LogP contribution in [-0.4, -0.2) is 11.8 Å². The van der Waals surface area contributed by atoms with Crippen molar-refractivity contribution in [3.8, 4) is 34.1 Å². The molecule has 2 N–H and O–H groups in total. The third-order valence-electron chi connectivity index (χ3n) is 8.28. The molecule has 6 aromatic rings. The molecule has 48 heavy (non-hydrogen) atoms. The fourth-order valence-electron chi connectivity index (χ4n) is 5.09. The van der Waals surface area contributed by atoms with Crippen LogP contribution in [0.15, 0.2) is 133 Å². The van der Waals surface area contributed by atoms with E-state index in [4.69, 9.17) is 9.47 Å². The average molecular weight is 633 g/mol. The summed E-state index contributed by atoms with van der Waals surface area (Å²) in [6.07, 6.45) is 0. The molecule has 0 aromatic heterocycles. The maximum Gasteiger partial charge on any atom is 0.255 e. The summed E-state index contributed by atoms with van der Waals surface area (Å²) in [5.74, 6) is 2.47. The number of nitrogens with one attached hydrogen (secondary N) is 2. The molecule has 0 saturated heterocycles. The lowest BCUT2D eigenvalue weighted by Crippen LogP contribution is -2.12. The Bertz CT molecular complexity index is 1910. The van der Waals surface area contributed by atoms with Gasteiger partial charge in [-0.25, -0.2) is 0 Å². The van der Waals surface area contributed by atoms with Crippen molar-refractivity contribution in [2.75, 3.05) is 10.6 Å². The lowest BCUT2D eigenvalue weighted by Gasteiger charge is -2.11. The molecule has 2 amide bonds. The first-order valence-corrected chi connectivity index (χ1v) is 15.7. The van der Waals surface area contributed by atoms with Crippen LogP contribution >= 0.6 is 0 Å². The molecule has 0 unspecified atom stereocenters. The predicted octanol–water partition coefficient (Wildman–Crippen LogP) is 10.7. The van der Waals surface area contributed by atoms with Crippen molar-refractivity contribution in [2.24, 2.45) is 0 Å². The zero-order valence-electron chi connectivity index (χ0n) is 27.3. The normalized spacial score (nSPS) is 10.7. The SMILES string of the molecule is Cc1ccc(C(=O)Nc2ccc(Oc3ccc(-c4ccc(Oc5ccc(NC(=O)c6ccc(C)c(C)c6)cc5)cc4)cc3)cc2)cc1C. The summed E-state index contributed by atoms with van der Waals surface area (Å²) >= 11 is 0. The van der Waals surface area contributed by atoms with E-state index in [1.807, 2.05) is 161 Å². The maximum atomic E-state index is 12.6. The highest BCUT2D eigenvalue weighted by molar-refractivity contribution is 6.05. The summed E-state index contributed by atoms with van der Waals surface area (Å²) in [4.78, 5) is 25.3. The monoisotopic (exact) mass is 632 g/mol. The van der Waals surface area contributed by atoms with Crippen molar-refractivity contribution < 1.29 is 19.1 Å². The van der Waals surface area contributed by atoms with E-state index < -0.39 is 0 Å². The Kier molecular flexibility index (Phi) is 9.35. The fraction of sp³-hybridized carbons (Fsp3) is 0.0952. The van der Waals surface area contributed by atoms with E-state index in [2.05, 4.69) is 10.6 Å². The summed E-state index contributed by atoms with van der Waals surface area (Å²) in [7, 11) is 0. The van der Waals surface area contributed by atoms with Crippen molar-refractivity contribution in [3.63, 3.8) is 0 Å². The van der Waals surface area contributed by atoms with Crippen molar-refractivity contribution in [1.29, 1.82) is 0 Å². The molecule has 0 heterocycles. The first kappa shape index (κ1) is 31.8. The van der Waals surface area contributed by atoms with Crippen LogP contribution in [0.3, 0.4) is 0 Å². The molecule has 6 heteroatoms. The van der Waals surface area contributed by atoms with Gasteiger partial charge < -0.3 is 20.1 Å². The van der Waals surface area contributed by atoms with Gasteiger partial charge >= 0.3 is 0 Å². The van der Waals surface area contributed by atoms with Gasteiger partial charge in [0.05, 0.1) is 0 Å². The van der Waals surface area contributed by atoms with Gasteiger partial charge in [0.2, 0.25) is 0 Å². The third kappa shape index (κ3) is 7.80. The lowest BCUT2D eigenvalue weighted by molar-refractivity contribution is 0.101. The van der Waals surface area contributed by atoms with Crippen LogP contribution in [0, 0.1) is 27.7 Å². The van der Waals surface area contributed by atoms with Gasteiger partial charge in [-0.05, 0) is 158 Å². The van der Waals surface area contributed by atoms with Crippen LogP contribution in [-0.2, 0) is 0 Å². The maximum absolute atomic E-state index is 12.6. The van der Waals surface area contributed by atoms with Gasteiger partial charge in [-0.15, -0.1) is 0 Å². The summed E-state index contributed by atoms with van der Waals surface area (Å²) in [6.45, 7) is 8.05. The van der Waals surface area contributed by atoms with E-state index in [1.54, 1.807) is 0 Å². The predicted molar refractivity (Wildman–Crippen MR) is 193 cm³/mol. The van der Waals surface area contributed by atoms with Gasteiger partial charge in [-0.1, -0.05) is 36.4 Å². The molecule has 238 valence electrons. The molecule has 6 nitrogen and oxygen atoms in total. The first-order valence-electron chi connectivity index (χ1n) is 15.7. The van der Waals surface area contributed by atoms with E-state index in [0.717, 1.165) is 33.4 Å². The van der Waals surface area contributed by atoms with Crippen LogP contribution in [0.2, 0.25) is 0 Å². The minimum atomic E-state index is -0.146. The molecule has 6 rings (SSSR count). The van der Waals surface area contributed by atoms with Crippen LogP contribution < -0.4 is 20.1 Å². The Balaban J connectivity index is 1.01. The number of carbonyl (C=O) groups excluding carboxylic acids is 2. The molecule has 0 bridgehead atoms. The van der Waals surface area contributed by atoms with Crippen molar-refractivity contribution >= 4 is 23.2 Å². The largest absolute Gasteiger partial charge is 0.457 e. The molecule has 0 atom stereocenters. The number of hydrogen-bond acceptors (Lipinski definition) is 4. The Morgan fingerprint density at radius 3 is 1.02 bits per heavy atom. The quantitative estimate of drug-likeness (QED) is 0.166. The highest BCUT2D eigenvalue weighted by Crippen LogP contribution is 2.30. The van der Waals surface area contributed by atoms with Gasteiger partial charge in [0.1, 0.15) is 23.0 Å². The minimum absolute atomic E-state index is 0.146. The summed E-state index contributed by atoms with van der Waals surface area (Å²) in [5.41, 5.74) is 9.21. The molecule has 0 aliphatic rings. The zero-order chi connectivity index (χ0) is 33.6. The van der Waals surface area contributed by atoms with Crippen LogP contribution in [0.5, 0.6) is 23.0 Å². The smallest absolute Gasteiger partial charge is 0.255 e. The van der Waals surface area contributed by atoms with Crippen LogP contribution in [0.25, 0.3) is 11.1 Å². The first-order chi connectivity index (χ1) is 23.2. The number of aryl methyl sites for hydroxylation is 4. The third-order valence-corrected chi connectivity index (χ3v) is 8.28. The average Bonchev–Trinajstić information content (AvgIpc) is 3.09. The number of hydrogen-bond donors (Lipinski definition) is 2. The second kappa shape index (κ2) is 14.1. The molecular weight excluding hydrogens is 596 g/mol. The van der Waals surface area contributed by atoms with E-state index in [1.165, 1.54) is 0 Å². The Morgan fingerprint density at radius 1 is 0.396 bits per heavy atom. The fourth-order valence-corrected chi connectivity index (χ4v) is 5.09. The van der Waals surface area contributed by atoms with Gasteiger partial charge in [0.15, 0.2) is 0 Å². The van der Waals surface area contributed by atoms with Gasteiger partial charge in [-0.2, -0.15) is 0 Å². The Morgan fingerprint density at radius 2 is 0.708 bits per heavy atom. The summed E-state index contributed by atoms with van der Waals surface area (Å²) in [6, 6.07) is 41.7. The molecule has 0 saturated carbocycles. The van der Waals surface area contributed by atoms with Crippen molar-refractivity contribution in [2.45, 2.75) is 27.7 Å². The molecule has 6 aromatic carbocycles. The number of amides is 2. The topological polar surface area (TPSA) is 76.7 Å². The highest BCUT2D eigenvalue weighted by Gasteiger charge is 2.10. The number of benzene rings is 6. The number of anilines is 2. The highest BCUT2D eigenvalue weighted by atomic mass is 16.5. The van der Waals surface area contributed by atoms with Gasteiger partial charge in [0, 0.05) is 22.5 Å². The molecule has 0 spiro atoms. The van der Waals surface area contributed by atoms with Crippen molar-refractivity contribution in [1.82, 2.24) is 0 Å². The standard InChI is InChI=1S/C42H36N2O4/c1-27-5-7-33(25-29(27)3)41(45)43-35-13-21-39(22-14-35)47-37-17-9-31(10-18-37)32-11-19-38(20-12-32)48-40-23-15-36(16-24-40)44-42(46)34-8-6-28(2)30(4)26-34/h5-26H,1-4H3,(H,43,45)(H,44,46). The van der Waals surface area contributed by atoms with Gasteiger partial charge in [-0.3, -0.25) is 9.59 Å². The molecule has 0 aliphatic carbocycles. The number of rotatable bonds is 9. The van der Waals surface area contributed by atoms with Crippen LogP contribution in [0.4, 0.5) is 11.4 Å². The number of carbonyl (C=O) groups is 2. The molecule has 0 aliphatic heterocycles. The van der Waals surface area contributed by atoms with E-state index in [-0.39, 0.29) is 11.8 Å². The molecule has 0 fully saturated rings. The van der Waals surface area contributed by atoms with Gasteiger partial charge in [0.25, 0.3) is 11.8 Å². The molecule has 0 radical (unpaired) electrons. The van der Waals surface area contributed by atoms with Crippen molar-refractivity contribution in [3.05, 3.63) is 167 Å². The lowest BCUT2D eigenvalue weighted by atomic mass is 10.1. The number of ether oxygens (including phenoxy) is 2. The molecular formula is C42H36N2O4. The van der Waals surface area contributed by atoms with E-state index in [9.17, 15) is 9.59 Å². The van der Waals surface area contributed by atoms with E-state index >= 15 is 0 Å². The second-order valence-corrected chi connectivity index (χ2v) is 11.8. The Labute approximate surface area is 281 Å².